The molecule has 0 heterocycles. The number of anilines is 1. The number of hydrogen-bond donors (Lipinski definition) is 1. The average molecular weight is 617 g/mol. The number of rotatable bonds is 12. The molecule has 0 bridgehead atoms. The summed E-state index contributed by atoms with van der Waals surface area (Å²) in [5.74, 6) is -0.416. The van der Waals surface area contributed by atoms with E-state index in [0.717, 1.165) is 37.5 Å². The molecule has 1 aliphatic carbocycles. The molecule has 0 aliphatic heterocycles. The van der Waals surface area contributed by atoms with E-state index in [9.17, 15) is 18.0 Å². The molecule has 1 fully saturated rings. The quantitative estimate of drug-likeness (QED) is 0.297. The maximum atomic E-state index is 13.6. The van der Waals surface area contributed by atoms with E-state index in [1.165, 1.54) is 10.7 Å². The Bertz CT molecular complexity index is 1250. The lowest BCUT2D eigenvalue weighted by Gasteiger charge is -2.33. The van der Waals surface area contributed by atoms with Gasteiger partial charge in [-0.05, 0) is 61.6 Å². The van der Waals surface area contributed by atoms with Crippen molar-refractivity contribution in [3.05, 3.63) is 63.1 Å². The number of hydrogen-bond acceptors (Lipinski definition) is 4. The topological polar surface area (TPSA) is 86.8 Å². The maximum Gasteiger partial charge on any atom is 0.243 e. The smallest absolute Gasteiger partial charge is 0.243 e. The summed E-state index contributed by atoms with van der Waals surface area (Å²) in [4.78, 5) is 28.6. The number of benzene rings is 2. The Morgan fingerprint density at radius 3 is 2.36 bits per heavy atom. The molecule has 1 N–H and O–H groups in total. The molecule has 2 aromatic carbocycles. The third-order valence-electron chi connectivity index (χ3n) is 6.92. The minimum atomic E-state index is -3.60. The molecule has 1 atom stereocenters. The Hall–Kier alpha value is -2.00. The van der Waals surface area contributed by atoms with Gasteiger partial charge in [-0.1, -0.05) is 73.1 Å². The van der Waals surface area contributed by atoms with Crippen molar-refractivity contribution in [2.24, 2.45) is 0 Å². The number of amides is 2. The van der Waals surface area contributed by atoms with Crippen LogP contribution in [0, 0.1) is 0 Å². The first kappa shape index (κ1) is 31.5. The van der Waals surface area contributed by atoms with E-state index in [2.05, 4.69) is 5.32 Å². The van der Waals surface area contributed by atoms with E-state index in [1.807, 2.05) is 6.92 Å². The third-order valence-corrected chi connectivity index (χ3v) is 9.09. The van der Waals surface area contributed by atoms with Gasteiger partial charge in [0.25, 0.3) is 0 Å². The van der Waals surface area contributed by atoms with Crippen molar-refractivity contribution in [2.75, 3.05) is 17.1 Å². The molecule has 0 saturated heterocycles. The van der Waals surface area contributed by atoms with Crippen LogP contribution in [-0.4, -0.2) is 50.0 Å². The fourth-order valence-electron chi connectivity index (χ4n) is 4.93. The zero-order valence-electron chi connectivity index (χ0n) is 22.3. The van der Waals surface area contributed by atoms with Crippen molar-refractivity contribution < 1.29 is 18.0 Å². The summed E-state index contributed by atoms with van der Waals surface area (Å²) in [6, 6.07) is 11.2. The van der Waals surface area contributed by atoms with Crippen LogP contribution >= 0.6 is 34.8 Å². The van der Waals surface area contributed by atoms with E-state index < -0.39 is 16.1 Å². The first-order valence-electron chi connectivity index (χ1n) is 13.3. The van der Waals surface area contributed by atoms with E-state index in [1.54, 1.807) is 47.4 Å². The third kappa shape index (κ3) is 9.27. The molecule has 7 nitrogen and oxygen atoms in total. The fraction of sp³-hybridized carbons (Fsp3) is 0.500. The second kappa shape index (κ2) is 14.6. The van der Waals surface area contributed by atoms with Crippen molar-refractivity contribution in [3.8, 4) is 0 Å². The number of carbonyl (C=O) groups is 2. The molecule has 39 heavy (non-hydrogen) atoms. The van der Waals surface area contributed by atoms with Gasteiger partial charge in [-0.15, -0.1) is 0 Å². The highest BCUT2D eigenvalue weighted by molar-refractivity contribution is 7.92. The van der Waals surface area contributed by atoms with Gasteiger partial charge in [0.05, 0.1) is 22.0 Å². The minimum Gasteiger partial charge on any atom is -0.352 e. The summed E-state index contributed by atoms with van der Waals surface area (Å²) in [7, 11) is -3.60. The molecule has 11 heteroatoms. The lowest BCUT2D eigenvalue weighted by atomic mass is 9.95. The highest BCUT2D eigenvalue weighted by Gasteiger charge is 2.30. The lowest BCUT2D eigenvalue weighted by Crippen LogP contribution is -2.51. The summed E-state index contributed by atoms with van der Waals surface area (Å²) in [6.45, 7) is 2.15. The van der Waals surface area contributed by atoms with Gasteiger partial charge in [0.2, 0.25) is 21.8 Å². The Morgan fingerprint density at radius 1 is 1.03 bits per heavy atom. The van der Waals surface area contributed by atoms with E-state index in [4.69, 9.17) is 34.8 Å². The molecule has 3 rings (SSSR count). The molecular weight excluding hydrogens is 581 g/mol. The second-order valence-electron chi connectivity index (χ2n) is 9.96. The van der Waals surface area contributed by atoms with Gasteiger partial charge in [0.1, 0.15) is 6.04 Å². The Kier molecular flexibility index (Phi) is 11.8. The van der Waals surface area contributed by atoms with E-state index in [-0.39, 0.29) is 43.8 Å². The molecule has 1 aliphatic rings. The van der Waals surface area contributed by atoms with Crippen molar-refractivity contribution in [2.45, 2.75) is 76.9 Å². The molecule has 0 spiro atoms. The molecular formula is C28H36Cl3N3O4S. The van der Waals surface area contributed by atoms with Gasteiger partial charge >= 0.3 is 0 Å². The molecule has 0 radical (unpaired) electrons. The second-order valence-corrected chi connectivity index (χ2v) is 13.1. The number of halogens is 3. The Morgan fingerprint density at radius 2 is 1.74 bits per heavy atom. The lowest BCUT2D eigenvalue weighted by molar-refractivity contribution is -0.141. The number of nitrogens with one attached hydrogen (secondary N) is 1. The molecule has 1 unspecified atom stereocenters. The zero-order chi connectivity index (χ0) is 28.6. The first-order valence-corrected chi connectivity index (χ1v) is 16.2. The molecule has 2 amide bonds. The largest absolute Gasteiger partial charge is 0.352 e. The normalized spacial score (nSPS) is 15.0. The number of sulfonamides is 1. The van der Waals surface area contributed by atoms with Crippen LogP contribution < -0.4 is 9.62 Å². The van der Waals surface area contributed by atoms with Crippen LogP contribution in [0.3, 0.4) is 0 Å². The Balaban J connectivity index is 1.78. The van der Waals surface area contributed by atoms with Gasteiger partial charge < -0.3 is 10.2 Å². The van der Waals surface area contributed by atoms with Crippen LogP contribution in [0.2, 0.25) is 15.1 Å². The van der Waals surface area contributed by atoms with E-state index >= 15 is 0 Å². The van der Waals surface area contributed by atoms with Crippen LogP contribution in [0.5, 0.6) is 0 Å². The summed E-state index contributed by atoms with van der Waals surface area (Å²) in [5, 5.41) is 4.34. The minimum absolute atomic E-state index is 0.0567. The van der Waals surface area contributed by atoms with Gasteiger partial charge in [-0.2, -0.15) is 0 Å². The van der Waals surface area contributed by atoms with Gasteiger partial charge in [-0.25, -0.2) is 8.42 Å². The highest BCUT2D eigenvalue weighted by Crippen LogP contribution is 2.26. The molecule has 0 aromatic heterocycles. The summed E-state index contributed by atoms with van der Waals surface area (Å²) >= 11 is 18.4. The molecule has 214 valence electrons. The molecule has 1 saturated carbocycles. The molecule has 2 aromatic rings. The number of carbonyl (C=O) groups excluding carboxylic acids is 2. The monoisotopic (exact) mass is 615 g/mol. The first-order chi connectivity index (χ1) is 18.5. The van der Waals surface area contributed by atoms with Crippen molar-refractivity contribution >= 4 is 62.3 Å². The van der Waals surface area contributed by atoms with Gasteiger partial charge in [0.15, 0.2) is 0 Å². The van der Waals surface area contributed by atoms with Crippen molar-refractivity contribution in [1.82, 2.24) is 10.2 Å². The van der Waals surface area contributed by atoms with Crippen LogP contribution in [-0.2, 0) is 26.2 Å². The van der Waals surface area contributed by atoms with Gasteiger partial charge in [0, 0.05) is 30.6 Å². The van der Waals surface area contributed by atoms with Crippen molar-refractivity contribution in [3.63, 3.8) is 0 Å². The number of nitrogens with zero attached hydrogens (tertiary/aromatic N) is 2. The summed E-state index contributed by atoms with van der Waals surface area (Å²) in [5.41, 5.74) is 1.18. The van der Waals surface area contributed by atoms with Gasteiger partial charge in [-0.3, -0.25) is 13.9 Å². The standard InChI is InChI=1S/C28H36Cl3N3O4S/c1-3-26(28(36)32-22-10-5-4-6-11-22)33(19-20-14-15-24(30)25(31)17-20)27(35)13-8-16-34(39(2,37)38)23-12-7-9-21(29)18-23/h7,9,12,14-15,17-18,22,26H,3-6,8,10-11,13,16,19H2,1-2H3,(H,32,36). The SMILES string of the molecule is CCC(C(=O)NC1CCCCC1)N(Cc1ccc(Cl)c(Cl)c1)C(=O)CCCN(c1cccc(Cl)c1)S(C)(=O)=O. The van der Waals surface area contributed by atoms with Crippen LogP contribution in [0.25, 0.3) is 0 Å². The van der Waals surface area contributed by atoms with Crippen LogP contribution in [0.4, 0.5) is 5.69 Å². The van der Waals surface area contributed by atoms with Crippen molar-refractivity contribution in [1.29, 1.82) is 0 Å². The average Bonchev–Trinajstić information content (AvgIpc) is 2.88. The van der Waals surface area contributed by atoms with Crippen LogP contribution in [0.1, 0.15) is 63.9 Å². The summed E-state index contributed by atoms with van der Waals surface area (Å²) < 4.78 is 26.2. The predicted molar refractivity (Wildman–Crippen MR) is 159 cm³/mol. The van der Waals surface area contributed by atoms with Crippen LogP contribution in [0.15, 0.2) is 42.5 Å². The zero-order valence-corrected chi connectivity index (χ0v) is 25.4. The predicted octanol–water partition coefficient (Wildman–Crippen LogP) is 6.45. The highest BCUT2D eigenvalue weighted by atomic mass is 35.5. The maximum absolute atomic E-state index is 13.6. The summed E-state index contributed by atoms with van der Waals surface area (Å²) in [6.07, 6.45) is 7.08. The van der Waals surface area contributed by atoms with E-state index in [0.29, 0.717) is 27.2 Å². The Labute approximate surface area is 246 Å². The fourth-order valence-corrected chi connectivity index (χ4v) is 6.40.